The van der Waals surface area contributed by atoms with Crippen LogP contribution in [0.3, 0.4) is 0 Å². The fourth-order valence-corrected chi connectivity index (χ4v) is 5.08. The number of amides is 1. The Morgan fingerprint density at radius 2 is 1.71 bits per heavy atom. The number of carbonyl (C=O) groups is 2. The highest BCUT2D eigenvalue weighted by Gasteiger charge is 2.53. The van der Waals surface area contributed by atoms with Crippen LogP contribution in [-0.2, 0) is 15.1 Å². The maximum absolute atomic E-state index is 14.0. The average Bonchev–Trinajstić information content (AvgIpc) is 3.11. The quantitative estimate of drug-likeness (QED) is 0.461. The van der Waals surface area contributed by atoms with E-state index in [9.17, 15) is 14.7 Å². The first kappa shape index (κ1) is 24.9. The molecule has 3 aromatic rings. The van der Waals surface area contributed by atoms with Crippen molar-refractivity contribution in [2.75, 3.05) is 38.2 Å². The molecule has 0 fully saturated rings. The lowest BCUT2D eigenvalue weighted by atomic mass is 9.82. The third-order valence-electron chi connectivity index (χ3n) is 6.63. The fraction of sp³-hybridized carbons (Fsp3) is 0.286. The van der Waals surface area contributed by atoms with Crippen molar-refractivity contribution in [2.24, 2.45) is 0 Å². The van der Waals surface area contributed by atoms with Crippen LogP contribution in [0.5, 0.6) is 0 Å². The molecule has 1 unspecified atom stereocenters. The molecule has 4 rings (SSSR count). The van der Waals surface area contributed by atoms with E-state index < -0.39 is 17.5 Å². The zero-order valence-corrected chi connectivity index (χ0v) is 20.9. The Balaban J connectivity index is 1.92. The molecule has 0 bridgehead atoms. The standard InChI is InChI=1S/C28H29ClN2O4/c1-4-30(5-2)15-16-31-24-18-20(26(32)35-3)17-23(29)25(24)28(34,27(31)33)22-14-10-9-13-21(22)19-11-7-6-8-12-19/h6-14,17-18,34H,4-5,15-16H2,1-3H3. The summed E-state index contributed by atoms with van der Waals surface area (Å²) in [6.07, 6.45) is 0. The van der Waals surface area contributed by atoms with E-state index in [0.29, 0.717) is 24.3 Å². The minimum Gasteiger partial charge on any atom is -0.465 e. The summed E-state index contributed by atoms with van der Waals surface area (Å²) >= 11 is 6.70. The summed E-state index contributed by atoms with van der Waals surface area (Å²) < 4.78 is 4.89. The van der Waals surface area contributed by atoms with E-state index in [1.807, 2.05) is 42.5 Å². The van der Waals surface area contributed by atoms with Crippen molar-refractivity contribution in [1.29, 1.82) is 0 Å². The van der Waals surface area contributed by atoms with Crippen LogP contribution in [0.25, 0.3) is 11.1 Å². The van der Waals surface area contributed by atoms with E-state index in [-0.39, 0.29) is 16.1 Å². The van der Waals surface area contributed by atoms with Crippen LogP contribution >= 0.6 is 11.6 Å². The number of benzene rings is 3. The van der Waals surface area contributed by atoms with Crippen LogP contribution in [0.2, 0.25) is 5.02 Å². The van der Waals surface area contributed by atoms with Crippen molar-refractivity contribution in [3.05, 3.63) is 88.4 Å². The summed E-state index contributed by atoms with van der Waals surface area (Å²) in [6.45, 7) is 6.72. The van der Waals surface area contributed by atoms with Gasteiger partial charge in [0, 0.05) is 24.2 Å². The second-order valence-electron chi connectivity index (χ2n) is 8.45. The summed E-state index contributed by atoms with van der Waals surface area (Å²) in [5.41, 5.74) is 0.938. The van der Waals surface area contributed by atoms with Gasteiger partial charge in [0.15, 0.2) is 5.60 Å². The van der Waals surface area contributed by atoms with E-state index in [2.05, 4.69) is 18.7 Å². The number of aliphatic hydroxyl groups is 1. The monoisotopic (exact) mass is 492 g/mol. The van der Waals surface area contributed by atoms with Gasteiger partial charge in [0.2, 0.25) is 0 Å². The van der Waals surface area contributed by atoms with Crippen molar-refractivity contribution in [2.45, 2.75) is 19.4 Å². The van der Waals surface area contributed by atoms with Gasteiger partial charge in [-0.05, 0) is 36.3 Å². The van der Waals surface area contributed by atoms with E-state index >= 15 is 0 Å². The summed E-state index contributed by atoms with van der Waals surface area (Å²) in [6, 6.07) is 19.9. The number of hydrogen-bond acceptors (Lipinski definition) is 5. The topological polar surface area (TPSA) is 70.1 Å². The van der Waals surface area contributed by atoms with Crippen LogP contribution < -0.4 is 4.90 Å². The molecule has 0 spiro atoms. The molecule has 0 saturated carbocycles. The number of halogens is 1. The average molecular weight is 493 g/mol. The van der Waals surface area contributed by atoms with Gasteiger partial charge in [0.1, 0.15) is 0 Å². The number of anilines is 1. The van der Waals surface area contributed by atoms with Gasteiger partial charge < -0.3 is 19.6 Å². The molecule has 0 saturated heterocycles. The first-order valence-corrected chi connectivity index (χ1v) is 12.1. The van der Waals surface area contributed by atoms with Gasteiger partial charge in [-0.2, -0.15) is 0 Å². The highest BCUT2D eigenvalue weighted by Crippen LogP contribution is 2.50. The van der Waals surface area contributed by atoms with Crippen molar-refractivity contribution >= 4 is 29.2 Å². The largest absolute Gasteiger partial charge is 0.465 e. The van der Waals surface area contributed by atoms with Gasteiger partial charge in [-0.1, -0.05) is 80.0 Å². The van der Waals surface area contributed by atoms with Crippen molar-refractivity contribution < 1.29 is 19.4 Å². The molecule has 0 radical (unpaired) electrons. The lowest BCUT2D eigenvalue weighted by Gasteiger charge is -2.27. The van der Waals surface area contributed by atoms with E-state index in [4.69, 9.17) is 16.3 Å². The Labute approximate surface area is 210 Å². The number of carbonyl (C=O) groups excluding carboxylic acids is 2. The van der Waals surface area contributed by atoms with Crippen LogP contribution in [0.1, 0.15) is 35.3 Å². The van der Waals surface area contributed by atoms with Gasteiger partial charge in [0.25, 0.3) is 5.91 Å². The molecule has 0 aliphatic carbocycles. The third-order valence-corrected chi connectivity index (χ3v) is 6.93. The molecular formula is C28H29ClN2O4. The number of methoxy groups -OCH3 is 1. The molecule has 1 aliphatic heterocycles. The Bertz CT molecular complexity index is 1240. The van der Waals surface area contributed by atoms with E-state index in [0.717, 1.165) is 24.2 Å². The number of ether oxygens (including phenoxy) is 1. The molecule has 1 aliphatic rings. The summed E-state index contributed by atoms with van der Waals surface area (Å²) in [5, 5.41) is 12.4. The fourth-order valence-electron chi connectivity index (χ4n) is 4.73. The molecule has 6 nitrogen and oxygen atoms in total. The second kappa shape index (κ2) is 10.2. The molecule has 1 amide bonds. The van der Waals surface area contributed by atoms with Crippen molar-refractivity contribution in [3.8, 4) is 11.1 Å². The maximum atomic E-state index is 14.0. The zero-order valence-electron chi connectivity index (χ0n) is 20.1. The van der Waals surface area contributed by atoms with Crippen molar-refractivity contribution in [3.63, 3.8) is 0 Å². The number of nitrogens with zero attached hydrogens (tertiary/aromatic N) is 2. The normalized spacial score (nSPS) is 17.1. The third kappa shape index (κ3) is 4.33. The lowest BCUT2D eigenvalue weighted by Crippen LogP contribution is -2.44. The maximum Gasteiger partial charge on any atom is 0.337 e. The molecule has 1 atom stereocenters. The van der Waals surface area contributed by atoms with Crippen molar-refractivity contribution in [1.82, 2.24) is 4.90 Å². The van der Waals surface area contributed by atoms with E-state index in [1.54, 1.807) is 18.2 Å². The Morgan fingerprint density at radius 3 is 2.37 bits per heavy atom. The van der Waals surface area contributed by atoms with Gasteiger partial charge in [-0.25, -0.2) is 4.79 Å². The van der Waals surface area contributed by atoms with E-state index in [1.165, 1.54) is 18.1 Å². The summed E-state index contributed by atoms with van der Waals surface area (Å²) in [5.74, 6) is -1.06. The first-order chi connectivity index (χ1) is 16.9. The number of esters is 1. The Morgan fingerprint density at radius 1 is 1.06 bits per heavy atom. The molecule has 0 aromatic heterocycles. The summed E-state index contributed by atoms with van der Waals surface area (Å²) in [4.78, 5) is 30.1. The molecule has 1 N–H and O–H groups in total. The number of hydrogen-bond donors (Lipinski definition) is 1. The number of likely N-dealkylation sites (N-methyl/N-ethyl adjacent to an activating group) is 1. The van der Waals surface area contributed by atoms with Crippen LogP contribution in [-0.4, -0.2) is 55.2 Å². The van der Waals surface area contributed by atoms with Crippen LogP contribution in [0.15, 0.2) is 66.7 Å². The molecule has 3 aromatic carbocycles. The first-order valence-electron chi connectivity index (χ1n) is 11.7. The Hall–Kier alpha value is -3.19. The number of rotatable bonds is 8. The molecule has 7 heteroatoms. The van der Waals surface area contributed by atoms with Gasteiger partial charge in [0.05, 0.1) is 23.4 Å². The molecular weight excluding hydrogens is 464 g/mol. The SMILES string of the molecule is CCN(CC)CCN1C(=O)C(O)(c2ccccc2-c2ccccc2)c2c(Cl)cc(C(=O)OC)cc21. The highest BCUT2D eigenvalue weighted by molar-refractivity contribution is 6.34. The minimum absolute atomic E-state index is 0.131. The predicted molar refractivity (Wildman–Crippen MR) is 138 cm³/mol. The lowest BCUT2D eigenvalue weighted by molar-refractivity contribution is -0.132. The van der Waals surface area contributed by atoms with Gasteiger partial charge in [-0.15, -0.1) is 0 Å². The Kier molecular flexibility index (Phi) is 7.26. The van der Waals surface area contributed by atoms with Crippen LogP contribution in [0, 0.1) is 0 Å². The zero-order chi connectivity index (χ0) is 25.2. The summed E-state index contributed by atoms with van der Waals surface area (Å²) in [7, 11) is 1.29. The second-order valence-corrected chi connectivity index (χ2v) is 8.86. The predicted octanol–water partition coefficient (Wildman–Crippen LogP) is 4.72. The smallest absolute Gasteiger partial charge is 0.337 e. The van der Waals surface area contributed by atoms with Gasteiger partial charge >= 0.3 is 5.97 Å². The van der Waals surface area contributed by atoms with Gasteiger partial charge in [-0.3, -0.25) is 4.79 Å². The molecule has 1 heterocycles. The minimum atomic E-state index is -2.02. The van der Waals surface area contributed by atoms with Crippen LogP contribution in [0.4, 0.5) is 5.69 Å². The highest BCUT2D eigenvalue weighted by atomic mass is 35.5. The molecule has 35 heavy (non-hydrogen) atoms. The number of fused-ring (bicyclic) bond motifs is 1. The molecule has 182 valence electrons.